The Hall–Kier alpha value is -2.08. The third-order valence-electron chi connectivity index (χ3n) is 4.60. The van der Waals surface area contributed by atoms with Crippen LogP contribution in [0.15, 0.2) is 24.3 Å². The first kappa shape index (κ1) is 16.8. The molecule has 0 bridgehead atoms. The molecule has 2 aliphatic heterocycles. The van der Waals surface area contributed by atoms with E-state index in [-0.39, 0.29) is 18.0 Å². The van der Waals surface area contributed by atoms with E-state index in [0.717, 1.165) is 12.0 Å². The number of ether oxygens (including phenoxy) is 1. The van der Waals surface area contributed by atoms with E-state index in [1.54, 1.807) is 23.6 Å². The fourth-order valence-electron chi connectivity index (χ4n) is 3.17. The highest BCUT2D eigenvalue weighted by Crippen LogP contribution is 2.20. The van der Waals surface area contributed by atoms with Gasteiger partial charge in [0, 0.05) is 25.2 Å². The highest BCUT2D eigenvalue weighted by atomic mass is 16.6. The topological polar surface area (TPSA) is 70.1 Å². The van der Waals surface area contributed by atoms with Crippen molar-refractivity contribution < 1.29 is 19.4 Å². The van der Waals surface area contributed by atoms with Crippen LogP contribution in [0.3, 0.4) is 0 Å². The van der Waals surface area contributed by atoms with Crippen LogP contribution in [0, 0.1) is 0 Å². The van der Waals surface area contributed by atoms with Crippen LogP contribution in [-0.4, -0.2) is 64.8 Å². The summed E-state index contributed by atoms with van der Waals surface area (Å²) in [4.78, 5) is 27.8. The highest BCUT2D eigenvalue weighted by molar-refractivity contribution is 5.94. The number of hydrogen-bond donors (Lipinski definition) is 1. The van der Waals surface area contributed by atoms with E-state index >= 15 is 0 Å². The van der Waals surface area contributed by atoms with Crippen LogP contribution in [0.25, 0.3) is 0 Å². The molecule has 2 heterocycles. The van der Waals surface area contributed by atoms with Gasteiger partial charge in [0.1, 0.15) is 6.61 Å². The minimum atomic E-state index is -0.717. The second-order valence-corrected chi connectivity index (χ2v) is 7.19. The van der Waals surface area contributed by atoms with Gasteiger partial charge < -0.3 is 14.7 Å². The number of fused-ring (bicyclic) bond motifs is 1. The normalized spacial score (nSPS) is 20.8. The van der Waals surface area contributed by atoms with Crippen molar-refractivity contribution in [2.75, 3.05) is 26.2 Å². The average molecular weight is 332 g/mol. The van der Waals surface area contributed by atoms with E-state index in [0.29, 0.717) is 38.2 Å². The summed E-state index contributed by atoms with van der Waals surface area (Å²) in [6, 6.07) is 7.54. The molecule has 2 saturated heterocycles. The van der Waals surface area contributed by atoms with Crippen molar-refractivity contribution >= 4 is 12.0 Å². The van der Waals surface area contributed by atoms with Gasteiger partial charge in [-0.15, -0.1) is 0 Å². The van der Waals surface area contributed by atoms with Crippen LogP contribution < -0.4 is 0 Å². The lowest BCUT2D eigenvalue weighted by Crippen LogP contribution is -2.53. The SMILES string of the molecule is CC(C)(O)CCc1cccc(C(=O)N2CCN3C(=O)OC[C@H]3C2)c1. The van der Waals surface area contributed by atoms with E-state index in [1.165, 1.54) is 0 Å². The Balaban J connectivity index is 1.66. The zero-order valence-corrected chi connectivity index (χ0v) is 14.2. The highest BCUT2D eigenvalue weighted by Gasteiger charge is 2.38. The molecule has 2 amide bonds. The van der Waals surface area contributed by atoms with Crippen molar-refractivity contribution in [1.82, 2.24) is 9.80 Å². The Bertz CT molecular complexity index is 638. The van der Waals surface area contributed by atoms with E-state index in [4.69, 9.17) is 4.74 Å². The Morgan fingerprint density at radius 2 is 2.17 bits per heavy atom. The zero-order chi connectivity index (χ0) is 17.3. The molecule has 0 aromatic heterocycles. The summed E-state index contributed by atoms with van der Waals surface area (Å²) in [6.45, 7) is 5.48. The van der Waals surface area contributed by atoms with Gasteiger partial charge in [0.15, 0.2) is 0 Å². The predicted molar refractivity (Wildman–Crippen MR) is 88.8 cm³/mol. The van der Waals surface area contributed by atoms with Crippen molar-refractivity contribution in [3.8, 4) is 0 Å². The van der Waals surface area contributed by atoms with E-state index < -0.39 is 5.60 Å². The molecular weight excluding hydrogens is 308 g/mol. The summed E-state index contributed by atoms with van der Waals surface area (Å²) >= 11 is 0. The number of cyclic esters (lactones) is 1. The molecule has 130 valence electrons. The maximum absolute atomic E-state index is 12.8. The van der Waals surface area contributed by atoms with Gasteiger partial charge in [0.05, 0.1) is 11.6 Å². The molecule has 0 aliphatic carbocycles. The first-order valence-corrected chi connectivity index (χ1v) is 8.37. The largest absolute Gasteiger partial charge is 0.447 e. The first-order chi connectivity index (χ1) is 11.3. The van der Waals surface area contributed by atoms with E-state index in [2.05, 4.69) is 0 Å². The summed E-state index contributed by atoms with van der Waals surface area (Å²) in [6.07, 6.45) is 1.09. The van der Waals surface area contributed by atoms with Crippen LogP contribution in [-0.2, 0) is 11.2 Å². The molecule has 0 saturated carbocycles. The Morgan fingerprint density at radius 1 is 1.38 bits per heavy atom. The molecule has 1 aromatic carbocycles. The van der Waals surface area contributed by atoms with Crippen LogP contribution in [0.1, 0.15) is 36.2 Å². The van der Waals surface area contributed by atoms with Gasteiger partial charge >= 0.3 is 6.09 Å². The predicted octanol–water partition coefficient (Wildman–Crippen LogP) is 1.67. The van der Waals surface area contributed by atoms with Crippen molar-refractivity contribution in [3.05, 3.63) is 35.4 Å². The van der Waals surface area contributed by atoms with Gasteiger partial charge in [-0.1, -0.05) is 12.1 Å². The Kier molecular flexibility index (Phi) is 4.49. The lowest BCUT2D eigenvalue weighted by atomic mass is 9.97. The zero-order valence-electron chi connectivity index (χ0n) is 14.2. The molecule has 1 atom stereocenters. The third kappa shape index (κ3) is 3.70. The molecule has 24 heavy (non-hydrogen) atoms. The van der Waals surface area contributed by atoms with E-state index in [1.807, 2.05) is 24.3 Å². The van der Waals surface area contributed by atoms with Crippen LogP contribution in [0.4, 0.5) is 4.79 Å². The Morgan fingerprint density at radius 3 is 2.92 bits per heavy atom. The van der Waals surface area contributed by atoms with Gasteiger partial charge in [0.25, 0.3) is 5.91 Å². The fraction of sp³-hybridized carbons (Fsp3) is 0.556. The summed E-state index contributed by atoms with van der Waals surface area (Å²) in [5.41, 5.74) is 0.980. The molecule has 2 aliphatic rings. The molecular formula is C18H24N2O4. The van der Waals surface area contributed by atoms with Crippen molar-refractivity contribution in [1.29, 1.82) is 0 Å². The molecule has 3 rings (SSSR count). The Labute approximate surface area is 142 Å². The number of hydrogen-bond acceptors (Lipinski definition) is 4. The lowest BCUT2D eigenvalue weighted by molar-refractivity contribution is 0.0617. The van der Waals surface area contributed by atoms with E-state index in [9.17, 15) is 14.7 Å². The van der Waals surface area contributed by atoms with Gasteiger partial charge in [-0.2, -0.15) is 0 Å². The lowest BCUT2D eigenvalue weighted by Gasteiger charge is -2.35. The standard InChI is InChI=1S/C18H24N2O4/c1-18(2,23)7-6-13-4-3-5-14(10-13)16(21)19-8-9-20-15(11-19)12-24-17(20)22/h3-5,10,15,23H,6-9,11-12H2,1-2H3/t15-/m1/s1. The van der Waals surface area contributed by atoms with Crippen molar-refractivity contribution in [3.63, 3.8) is 0 Å². The maximum Gasteiger partial charge on any atom is 0.410 e. The molecule has 2 fully saturated rings. The number of rotatable bonds is 4. The summed E-state index contributed by atoms with van der Waals surface area (Å²) in [5.74, 6) is -0.0147. The third-order valence-corrected chi connectivity index (χ3v) is 4.60. The molecule has 1 N–H and O–H groups in total. The summed E-state index contributed by atoms with van der Waals surface area (Å²) in [7, 11) is 0. The second-order valence-electron chi connectivity index (χ2n) is 7.19. The van der Waals surface area contributed by atoms with Gasteiger partial charge in [-0.3, -0.25) is 9.69 Å². The van der Waals surface area contributed by atoms with Crippen LogP contribution in [0.5, 0.6) is 0 Å². The number of amides is 2. The minimum Gasteiger partial charge on any atom is -0.447 e. The smallest absolute Gasteiger partial charge is 0.410 e. The number of piperazine rings is 1. The molecule has 0 radical (unpaired) electrons. The number of nitrogens with zero attached hydrogens (tertiary/aromatic N) is 2. The first-order valence-electron chi connectivity index (χ1n) is 8.37. The monoisotopic (exact) mass is 332 g/mol. The van der Waals surface area contributed by atoms with Crippen molar-refractivity contribution in [2.24, 2.45) is 0 Å². The van der Waals surface area contributed by atoms with Crippen molar-refractivity contribution in [2.45, 2.75) is 38.3 Å². The minimum absolute atomic E-state index is 0.0147. The van der Waals surface area contributed by atoms with Gasteiger partial charge in [0.2, 0.25) is 0 Å². The van der Waals surface area contributed by atoms with Crippen LogP contribution >= 0.6 is 0 Å². The molecule has 0 unspecified atom stereocenters. The van der Waals surface area contributed by atoms with Gasteiger partial charge in [-0.05, 0) is 44.4 Å². The number of carbonyl (C=O) groups excluding carboxylic acids is 2. The van der Waals surface area contributed by atoms with Gasteiger partial charge in [-0.25, -0.2) is 4.79 Å². The fourth-order valence-corrected chi connectivity index (χ4v) is 3.17. The number of aryl methyl sites for hydroxylation is 1. The number of benzene rings is 1. The second kappa shape index (κ2) is 6.43. The molecule has 6 nitrogen and oxygen atoms in total. The molecule has 1 aromatic rings. The molecule has 6 heteroatoms. The average Bonchev–Trinajstić information content (AvgIpc) is 2.92. The van der Waals surface area contributed by atoms with Crippen LogP contribution in [0.2, 0.25) is 0 Å². The molecule has 0 spiro atoms. The quantitative estimate of drug-likeness (QED) is 0.910. The number of aliphatic hydroxyl groups is 1. The summed E-state index contributed by atoms with van der Waals surface area (Å²) in [5, 5.41) is 9.85. The number of carbonyl (C=O) groups is 2. The summed E-state index contributed by atoms with van der Waals surface area (Å²) < 4.78 is 5.04. The maximum atomic E-state index is 12.8.